The molecule has 0 aliphatic carbocycles. The van der Waals surface area contributed by atoms with E-state index >= 15 is 0 Å². The molecule has 0 bridgehead atoms. The number of rotatable bonds is 3. The van der Waals surface area contributed by atoms with Gasteiger partial charge in [0.25, 0.3) is 0 Å². The van der Waals surface area contributed by atoms with Crippen LogP contribution in [0.1, 0.15) is 30.0 Å². The predicted octanol–water partition coefficient (Wildman–Crippen LogP) is 2.51. The maximum atomic E-state index is 13.1. The summed E-state index contributed by atoms with van der Waals surface area (Å²) in [7, 11) is 0. The molecule has 1 aromatic carbocycles. The highest BCUT2D eigenvalue weighted by Crippen LogP contribution is 2.15. The van der Waals surface area contributed by atoms with E-state index < -0.39 is 11.8 Å². The Morgan fingerprint density at radius 2 is 2.06 bits per heavy atom. The minimum absolute atomic E-state index is 0.164. The molecule has 0 fully saturated rings. The highest BCUT2D eigenvalue weighted by Gasteiger charge is 2.16. The standard InChI is InChI=1S/C13H13FN2O2/c1-3-9-12(13(17)18-4-2)16-11-7-8(14)5-6-10(11)15-9/h5-7H,3-4H2,1-2H3. The van der Waals surface area contributed by atoms with E-state index in [2.05, 4.69) is 9.97 Å². The van der Waals surface area contributed by atoms with Crippen LogP contribution in [0.3, 0.4) is 0 Å². The average molecular weight is 248 g/mol. The van der Waals surface area contributed by atoms with Crippen LogP contribution in [0.2, 0.25) is 0 Å². The lowest BCUT2D eigenvalue weighted by Gasteiger charge is -2.07. The molecule has 0 atom stereocenters. The number of hydrogen-bond acceptors (Lipinski definition) is 4. The second kappa shape index (κ2) is 5.08. The Morgan fingerprint density at radius 3 is 2.72 bits per heavy atom. The fraction of sp³-hybridized carbons (Fsp3) is 0.308. The van der Waals surface area contributed by atoms with Crippen molar-refractivity contribution >= 4 is 17.0 Å². The molecule has 4 nitrogen and oxygen atoms in total. The summed E-state index contributed by atoms with van der Waals surface area (Å²) in [6.07, 6.45) is 0.564. The van der Waals surface area contributed by atoms with Gasteiger partial charge < -0.3 is 4.74 Å². The van der Waals surface area contributed by atoms with Crippen LogP contribution in [0.25, 0.3) is 11.0 Å². The van der Waals surface area contributed by atoms with Crippen LogP contribution < -0.4 is 0 Å². The molecule has 1 heterocycles. The Hall–Kier alpha value is -2.04. The van der Waals surface area contributed by atoms with Crippen LogP contribution in [0.5, 0.6) is 0 Å². The van der Waals surface area contributed by atoms with E-state index in [9.17, 15) is 9.18 Å². The fourth-order valence-corrected chi connectivity index (χ4v) is 1.67. The number of nitrogens with zero attached hydrogens (tertiary/aromatic N) is 2. The highest BCUT2D eigenvalue weighted by atomic mass is 19.1. The monoisotopic (exact) mass is 248 g/mol. The Labute approximate surface area is 104 Å². The lowest BCUT2D eigenvalue weighted by molar-refractivity contribution is 0.0518. The quantitative estimate of drug-likeness (QED) is 0.783. The van der Waals surface area contributed by atoms with E-state index in [0.29, 0.717) is 23.1 Å². The number of halogens is 1. The number of hydrogen-bond donors (Lipinski definition) is 0. The number of benzene rings is 1. The second-order valence-electron chi connectivity index (χ2n) is 3.73. The van der Waals surface area contributed by atoms with Crippen molar-refractivity contribution in [3.8, 4) is 0 Å². The third kappa shape index (κ3) is 2.30. The minimum Gasteiger partial charge on any atom is -0.461 e. The van der Waals surface area contributed by atoms with Gasteiger partial charge in [0.1, 0.15) is 5.82 Å². The van der Waals surface area contributed by atoms with Crippen LogP contribution >= 0.6 is 0 Å². The number of aromatic nitrogens is 2. The van der Waals surface area contributed by atoms with Gasteiger partial charge in [0.05, 0.1) is 23.3 Å². The third-order valence-electron chi connectivity index (χ3n) is 2.50. The van der Waals surface area contributed by atoms with E-state index in [4.69, 9.17) is 4.74 Å². The largest absolute Gasteiger partial charge is 0.461 e. The predicted molar refractivity (Wildman–Crippen MR) is 64.8 cm³/mol. The Morgan fingerprint density at radius 1 is 1.28 bits per heavy atom. The summed E-state index contributed by atoms with van der Waals surface area (Å²) in [4.78, 5) is 20.2. The molecule has 0 aliphatic rings. The van der Waals surface area contributed by atoms with Gasteiger partial charge >= 0.3 is 5.97 Å². The van der Waals surface area contributed by atoms with Crippen molar-refractivity contribution in [2.24, 2.45) is 0 Å². The molecule has 1 aromatic heterocycles. The Balaban J connectivity index is 2.60. The molecule has 0 unspecified atom stereocenters. The number of fused-ring (bicyclic) bond motifs is 1. The van der Waals surface area contributed by atoms with Crippen LogP contribution in [0.15, 0.2) is 18.2 Å². The summed E-state index contributed by atoms with van der Waals surface area (Å²) in [6, 6.07) is 4.12. The van der Waals surface area contributed by atoms with Crippen molar-refractivity contribution < 1.29 is 13.9 Å². The molecule has 0 saturated carbocycles. The number of aryl methyl sites for hydroxylation is 1. The first-order valence-corrected chi connectivity index (χ1v) is 5.79. The summed E-state index contributed by atoms with van der Waals surface area (Å²) in [5.74, 6) is -0.927. The molecule has 0 saturated heterocycles. The molecule has 2 aromatic rings. The summed E-state index contributed by atoms with van der Waals surface area (Å²) >= 11 is 0. The molecule has 5 heteroatoms. The van der Waals surface area contributed by atoms with Gasteiger partial charge in [-0.3, -0.25) is 0 Å². The first-order valence-electron chi connectivity index (χ1n) is 5.79. The first kappa shape index (κ1) is 12.4. The van der Waals surface area contributed by atoms with Gasteiger partial charge in [-0.25, -0.2) is 19.2 Å². The van der Waals surface area contributed by atoms with Gasteiger partial charge in [0, 0.05) is 6.07 Å². The van der Waals surface area contributed by atoms with Gasteiger partial charge in [-0.2, -0.15) is 0 Å². The smallest absolute Gasteiger partial charge is 0.358 e. The lowest BCUT2D eigenvalue weighted by atomic mass is 10.2. The van der Waals surface area contributed by atoms with Crippen molar-refractivity contribution in [1.82, 2.24) is 9.97 Å². The molecular formula is C13H13FN2O2. The van der Waals surface area contributed by atoms with Crippen molar-refractivity contribution in [2.45, 2.75) is 20.3 Å². The summed E-state index contributed by atoms with van der Waals surface area (Å²) < 4.78 is 18.0. The zero-order valence-corrected chi connectivity index (χ0v) is 10.2. The maximum absolute atomic E-state index is 13.1. The Kier molecular flexibility index (Phi) is 3.50. The topological polar surface area (TPSA) is 52.1 Å². The molecule has 18 heavy (non-hydrogen) atoms. The normalized spacial score (nSPS) is 10.6. The van der Waals surface area contributed by atoms with Gasteiger partial charge in [-0.1, -0.05) is 6.92 Å². The van der Waals surface area contributed by atoms with Gasteiger partial charge in [0.15, 0.2) is 5.69 Å². The number of carbonyl (C=O) groups excluding carboxylic acids is 1. The third-order valence-corrected chi connectivity index (χ3v) is 2.50. The Bertz CT molecular complexity index is 599. The van der Waals surface area contributed by atoms with E-state index in [1.54, 1.807) is 13.0 Å². The number of carbonyl (C=O) groups is 1. The molecular weight excluding hydrogens is 235 g/mol. The van der Waals surface area contributed by atoms with Gasteiger partial charge in [-0.15, -0.1) is 0 Å². The van der Waals surface area contributed by atoms with Crippen molar-refractivity contribution in [2.75, 3.05) is 6.61 Å². The van der Waals surface area contributed by atoms with Gasteiger partial charge in [-0.05, 0) is 25.5 Å². The van der Waals surface area contributed by atoms with Crippen molar-refractivity contribution in [3.05, 3.63) is 35.4 Å². The van der Waals surface area contributed by atoms with Crippen LogP contribution in [-0.4, -0.2) is 22.5 Å². The zero-order chi connectivity index (χ0) is 13.1. The maximum Gasteiger partial charge on any atom is 0.358 e. The molecule has 0 aliphatic heterocycles. The molecule has 0 spiro atoms. The van der Waals surface area contributed by atoms with Crippen LogP contribution in [0, 0.1) is 5.82 Å². The highest BCUT2D eigenvalue weighted by molar-refractivity contribution is 5.91. The SMILES string of the molecule is CCOC(=O)c1nc2cc(F)ccc2nc1CC. The van der Waals surface area contributed by atoms with Crippen molar-refractivity contribution in [3.63, 3.8) is 0 Å². The number of ether oxygens (including phenoxy) is 1. The molecule has 0 N–H and O–H groups in total. The molecule has 2 rings (SSSR count). The first-order chi connectivity index (χ1) is 8.65. The molecule has 0 radical (unpaired) electrons. The second-order valence-corrected chi connectivity index (χ2v) is 3.73. The van der Waals surface area contributed by atoms with E-state index in [-0.39, 0.29) is 12.3 Å². The lowest BCUT2D eigenvalue weighted by Crippen LogP contribution is -2.12. The van der Waals surface area contributed by atoms with E-state index in [0.717, 1.165) is 0 Å². The van der Waals surface area contributed by atoms with Crippen LogP contribution in [0.4, 0.5) is 4.39 Å². The molecule has 0 amide bonds. The molecule has 94 valence electrons. The number of esters is 1. The summed E-state index contributed by atoms with van der Waals surface area (Å²) in [5.41, 5.74) is 1.65. The van der Waals surface area contributed by atoms with Gasteiger partial charge in [0.2, 0.25) is 0 Å². The fourth-order valence-electron chi connectivity index (χ4n) is 1.67. The van der Waals surface area contributed by atoms with Crippen molar-refractivity contribution in [1.29, 1.82) is 0 Å². The van der Waals surface area contributed by atoms with E-state index in [1.165, 1.54) is 12.1 Å². The minimum atomic E-state index is -0.520. The zero-order valence-electron chi connectivity index (χ0n) is 10.2. The van der Waals surface area contributed by atoms with E-state index in [1.807, 2.05) is 6.92 Å². The summed E-state index contributed by atoms with van der Waals surface area (Å²) in [6.45, 7) is 3.87. The van der Waals surface area contributed by atoms with Crippen LogP contribution in [-0.2, 0) is 11.2 Å². The summed E-state index contributed by atoms with van der Waals surface area (Å²) in [5, 5.41) is 0. The average Bonchev–Trinajstić information content (AvgIpc) is 2.37.